The maximum Gasteiger partial charge on any atom is 0.338 e. The number of imide groups is 1. The topological polar surface area (TPSA) is 114 Å². The number of benzene rings is 3. The summed E-state index contributed by atoms with van der Waals surface area (Å²) in [6.07, 6.45) is 0.0354. The van der Waals surface area contributed by atoms with Crippen molar-refractivity contribution < 1.29 is 28.7 Å². The van der Waals surface area contributed by atoms with E-state index in [0.29, 0.717) is 22.7 Å². The van der Waals surface area contributed by atoms with Crippen LogP contribution in [0.25, 0.3) is 0 Å². The molecule has 10 heteroatoms. The van der Waals surface area contributed by atoms with Gasteiger partial charge in [0.1, 0.15) is 16.5 Å². The second kappa shape index (κ2) is 11.8. The van der Waals surface area contributed by atoms with Gasteiger partial charge in [-0.15, -0.1) is 0 Å². The molecule has 1 heterocycles. The molecular formula is C29H26ClN3O6. The molecule has 2 N–H and O–H groups in total. The van der Waals surface area contributed by atoms with Crippen LogP contribution in [0.15, 0.2) is 83.5 Å². The van der Waals surface area contributed by atoms with Gasteiger partial charge in [-0.1, -0.05) is 23.7 Å². The third-order valence-corrected chi connectivity index (χ3v) is 5.87. The summed E-state index contributed by atoms with van der Waals surface area (Å²) in [5.41, 5.74) is 1.48. The lowest BCUT2D eigenvalue weighted by Crippen LogP contribution is -2.32. The number of anilines is 3. The molecule has 0 saturated heterocycles. The number of hydrogen-bond donors (Lipinski definition) is 2. The Morgan fingerprint density at radius 2 is 1.59 bits per heavy atom. The molecule has 0 saturated carbocycles. The first-order valence-corrected chi connectivity index (χ1v) is 12.6. The van der Waals surface area contributed by atoms with E-state index in [2.05, 4.69) is 10.6 Å². The smallest absolute Gasteiger partial charge is 0.338 e. The lowest BCUT2D eigenvalue weighted by Gasteiger charge is -2.16. The Balaban J connectivity index is 1.48. The van der Waals surface area contributed by atoms with E-state index >= 15 is 0 Å². The average molecular weight is 548 g/mol. The Morgan fingerprint density at radius 3 is 2.28 bits per heavy atom. The third kappa shape index (κ3) is 6.27. The zero-order chi connectivity index (χ0) is 28.1. The first kappa shape index (κ1) is 27.4. The lowest BCUT2D eigenvalue weighted by molar-refractivity contribution is -0.120. The van der Waals surface area contributed by atoms with Gasteiger partial charge in [0.2, 0.25) is 0 Å². The molecule has 0 radical (unpaired) electrons. The summed E-state index contributed by atoms with van der Waals surface area (Å²) in [5, 5.41) is 5.35. The predicted molar refractivity (Wildman–Crippen MR) is 148 cm³/mol. The Bertz CT molecular complexity index is 1470. The van der Waals surface area contributed by atoms with Gasteiger partial charge in [0.05, 0.1) is 24.0 Å². The molecular weight excluding hydrogens is 522 g/mol. The molecule has 200 valence electrons. The summed E-state index contributed by atoms with van der Waals surface area (Å²) in [6.45, 7) is 5.71. The van der Waals surface area contributed by atoms with Crippen molar-refractivity contribution in [3.8, 4) is 5.75 Å². The van der Waals surface area contributed by atoms with Crippen molar-refractivity contribution in [2.45, 2.75) is 26.9 Å². The van der Waals surface area contributed by atoms with Crippen molar-refractivity contribution in [2.24, 2.45) is 0 Å². The molecule has 0 fully saturated rings. The van der Waals surface area contributed by atoms with Crippen LogP contribution in [0.4, 0.5) is 17.1 Å². The number of nitrogens with zero attached hydrogens (tertiary/aromatic N) is 1. The average Bonchev–Trinajstić information content (AvgIpc) is 3.12. The van der Waals surface area contributed by atoms with E-state index in [1.165, 1.54) is 30.3 Å². The third-order valence-electron chi connectivity index (χ3n) is 5.52. The molecule has 0 bridgehead atoms. The van der Waals surface area contributed by atoms with Gasteiger partial charge >= 0.3 is 5.97 Å². The van der Waals surface area contributed by atoms with Crippen LogP contribution < -0.4 is 20.3 Å². The molecule has 0 aromatic heterocycles. The summed E-state index contributed by atoms with van der Waals surface area (Å²) in [5.74, 6) is -1.71. The fourth-order valence-electron chi connectivity index (χ4n) is 3.81. The van der Waals surface area contributed by atoms with Crippen molar-refractivity contribution >= 4 is 52.4 Å². The highest BCUT2D eigenvalue weighted by Gasteiger charge is 2.39. The second-order valence-electron chi connectivity index (χ2n) is 8.76. The fourth-order valence-corrected chi connectivity index (χ4v) is 4.02. The summed E-state index contributed by atoms with van der Waals surface area (Å²) < 4.78 is 10.6. The van der Waals surface area contributed by atoms with Crippen molar-refractivity contribution in [3.63, 3.8) is 0 Å². The molecule has 0 atom stereocenters. The van der Waals surface area contributed by atoms with Gasteiger partial charge in [-0.2, -0.15) is 0 Å². The predicted octanol–water partition coefficient (Wildman–Crippen LogP) is 5.34. The van der Waals surface area contributed by atoms with Crippen molar-refractivity contribution in [2.75, 3.05) is 22.1 Å². The van der Waals surface area contributed by atoms with Crippen molar-refractivity contribution in [3.05, 3.63) is 94.7 Å². The number of amides is 3. The molecule has 1 aliphatic rings. The number of ether oxygens (including phenoxy) is 2. The van der Waals surface area contributed by atoms with E-state index in [1.54, 1.807) is 49.4 Å². The number of halogens is 1. The quantitative estimate of drug-likeness (QED) is 0.274. The standard InChI is InChI=1S/C29H26ClN3O6/c1-4-38-29(37)19-8-6-10-22(16-19)33-27(35)24(30)25(28(33)36)31-21-9-5-7-18(15-21)26(34)32-20-11-13-23(14-12-20)39-17(2)3/h5-17,31H,4H2,1-3H3,(H,32,34). The van der Waals surface area contributed by atoms with Crippen LogP contribution in [0.1, 0.15) is 41.5 Å². The SMILES string of the molecule is CCOC(=O)c1cccc(N2C(=O)C(Cl)=C(Nc3cccc(C(=O)Nc4ccc(OC(C)C)cc4)c3)C2=O)c1. The largest absolute Gasteiger partial charge is 0.491 e. The van der Waals surface area contributed by atoms with Crippen molar-refractivity contribution in [1.29, 1.82) is 0 Å². The van der Waals surface area contributed by atoms with Gasteiger partial charge in [0, 0.05) is 16.9 Å². The monoisotopic (exact) mass is 547 g/mol. The molecule has 3 amide bonds. The van der Waals surface area contributed by atoms with Gasteiger partial charge in [0.25, 0.3) is 17.7 Å². The van der Waals surface area contributed by atoms with Crippen LogP contribution in [-0.4, -0.2) is 36.4 Å². The normalized spacial score (nSPS) is 13.1. The Morgan fingerprint density at radius 1 is 0.897 bits per heavy atom. The number of rotatable bonds is 9. The molecule has 0 aliphatic carbocycles. The number of nitrogens with one attached hydrogen (secondary N) is 2. The van der Waals surface area contributed by atoms with Gasteiger partial charge in [-0.25, -0.2) is 9.69 Å². The Hall–Kier alpha value is -4.63. The zero-order valence-electron chi connectivity index (χ0n) is 21.5. The summed E-state index contributed by atoms with van der Waals surface area (Å²) in [7, 11) is 0. The first-order chi connectivity index (χ1) is 18.7. The first-order valence-electron chi connectivity index (χ1n) is 12.2. The van der Waals surface area contributed by atoms with Crippen LogP contribution in [0.2, 0.25) is 0 Å². The molecule has 1 aliphatic heterocycles. The van der Waals surface area contributed by atoms with Crippen molar-refractivity contribution in [1.82, 2.24) is 0 Å². The number of esters is 1. The lowest BCUT2D eigenvalue weighted by atomic mass is 10.1. The van der Waals surface area contributed by atoms with Gasteiger partial charge < -0.3 is 20.1 Å². The minimum Gasteiger partial charge on any atom is -0.491 e. The molecule has 0 spiro atoms. The summed E-state index contributed by atoms with van der Waals surface area (Å²) in [6, 6.07) is 19.4. The van der Waals surface area contributed by atoms with Gasteiger partial charge in [0.15, 0.2) is 0 Å². The Kier molecular flexibility index (Phi) is 8.31. The van der Waals surface area contributed by atoms with E-state index in [-0.39, 0.29) is 40.6 Å². The molecule has 0 unspecified atom stereocenters. The molecule has 9 nitrogen and oxygen atoms in total. The summed E-state index contributed by atoms with van der Waals surface area (Å²) >= 11 is 6.25. The maximum absolute atomic E-state index is 13.2. The molecule has 3 aromatic rings. The molecule has 39 heavy (non-hydrogen) atoms. The van der Waals surface area contributed by atoms with Crippen LogP contribution in [-0.2, 0) is 14.3 Å². The molecule has 4 rings (SSSR count). The van der Waals surface area contributed by atoms with Gasteiger partial charge in [-0.3, -0.25) is 14.4 Å². The van der Waals surface area contributed by atoms with Crippen LogP contribution >= 0.6 is 11.6 Å². The minimum atomic E-state index is -0.746. The Labute approximate surface area is 230 Å². The van der Waals surface area contributed by atoms with E-state index in [4.69, 9.17) is 21.1 Å². The van der Waals surface area contributed by atoms with Crippen LogP contribution in [0, 0.1) is 0 Å². The number of carbonyl (C=O) groups is 4. The van der Waals surface area contributed by atoms with E-state index in [0.717, 1.165) is 4.90 Å². The summed E-state index contributed by atoms with van der Waals surface area (Å²) in [4.78, 5) is 51.9. The zero-order valence-corrected chi connectivity index (χ0v) is 22.2. The van der Waals surface area contributed by atoms with E-state index < -0.39 is 17.8 Å². The fraction of sp³-hybridized carbons (Fsp3) is 0.172. The number of carbonyl (C=O) groups excluding carboxylic acids is 4. The highest BCUT2D eigenvalue weighted by Crippen LogP contribution is 2.31. The van der Waals surface area contributed by atoms with E-state index in [9.17, 15) is 19.2 Å². The van der Waals surface area contributed by atoms with Crippen LogP contribution in [0.3, 0.4) is 0 Å². The highest BCUT2D eigenvalue weighted by molar-refractivity contribution is 6.53. The number of hydrogen-bond acceptors (Lipinski definition) is 7. The van der Waals surface area contributed by atoms with E-state index in [1.807, 2.05) is 13.8 Å². The second-order valence-corrected chi connectivity index (χ2v) is 9.13. The highest BCUT2D eigenvalue weighted by atomic mass is 35.5. The van der Waals surface area contributed by atoms with Gasteiger partial charge in [-0.05, 0) is 81.4 Å². The molecule has 3 aromatic carbocycles. The minimum absolute atomic E-state index is 0.0354. The van der Waals surface area contributed by atoms with Crippen LogP contribution in [0.5, 0.6) is 5.75 Å². The maximum atomic E-state index is 13.2.